The number of hydrogen-bond acceptors (Lipinski definition) is 5. The van der Waals surface area contributed by atoms with E-state index in [4.69, 9.17) is 0 Å². The van der Waals surface area contributed by atoms with Gasteiger partial charge in [0.25, 0.3) is 0 Å². The van der Waals surface area contributed by atoms with Crippen LogP contribution in [0.4, 0.5) is 11.4 Å². The predicted molar refractivity (Wildman–Crippen MR) is 96.3 cm³/mol. The summed E-state index contributed by atoms with van der Waals surface area (Å²) in [6.07, 6.45) is 5.75. The molecule has 0 spiro atoms. The molecule has 0 unspecified atom stereocenters. The van der Waals surface area contributed by atoms with Crippen molar-refractivity contribution < 1.29 is 9.11 Å². The first-order chi connectivity index (χ1) is 11.1. The van der Waals surface area contributed by atoms with E-state index in [1.807, 2.05) is 37.4 Å². The molecule has 1 aliphatic rings. The van der Waals surface area contributed by atoms with E-state index < -0.39 is 10.8 Å². The lowest BCUT2D eigenvalue weighted by atomic mass is 10.0. The van der Waals surface area contributed by atoms with Gasteiger partial charge in [0.05, 0.1) is 22.8 Å². The molecule has 0 radical (unpaired) electrons. The maximum Gasteiger partial charge on any atom is 0.0810 e. The van der Waals surface area contributed by atoms with E-state index in [1.165, 1.54) is 0 Å². The molecule has 3 rings (SSSR count). The lowest BCUT2D eigenvalue weighted by molar-refractivity contribution is 0.454. The van der Waals surface area contributed by atoms with E-state index in [0.717, 1.165) is 36.3 Å². The Bertz CT molecular complexity index is 651. The summed E-state index contributed by atoms with van der Waals surface area (Å²) in [5.74, 6) is 0. The van der Waals surface area contributed by atoms with E-state index >= 15 is 0 Å². The van der Waals surface area contributed by atoms with Crippen LogP contribution in [-0.4, -0.2) is 32.9 Å². The average molecular weight is 333 g/mol. The Hall–Kier alpha value is -1.60. The van der Waals surface area contributed by atoms with Crippen LogP contribution in [0.15, 0.2) is 48.8 Å². The minimum absolute atomic E-state index is 0.175. The quantitative estimate of drug-likeness (QED) is 0.726. The second-order valence-electron chi connectivity index (χ2n) is 5.77. The Morgan fingerprint density at radius 1 is 1.26 bits per heavy atom. The molecule has 0 saturated carbocycles. The number of para-hydroxylation sites is 1. The molecule has 0 bridgehead atoms. The number of rotatable bonds is 5. The lowest BCUT2D eigenvalue weighted by Gasteiger charge is -2.52. The van der Waals surface area contributed by atoms with Crippen LogP contribution in [0.5, 0.6) is 0 Å². The second kappa shape index (κ2) is 6.88. The topological polar surface area (TPSA) is 68.6 Å². The first kappa shape index (κ1) is 16.3. The zero-order valence-corrected chi connectivity index (χ0v) is 14.0. The minimum atomic E-state index is -2.95. The van der Waals surface area contributed by atoms with Crippen molar-refractivity contribution in [2.24, 2.45) is 0 Å². The third-order valence-corrected chi connectivity index (χ3v) is 6.45. The Morgan fingerprint density at radius 2 is 2.09 bits per heavy atom. The molecule has 0 fully saturated rings. The zero-order chi connectivity index (χ0) is 16.3. The van der Waals surface area contributed by atoms with Crippen LogP contribution in [-0.2, 0) is 6.42 Å². The van der Waals surface area contributed by atoms with Gasteiger partial charge in [-0.25, -0.2) is 4.31 Å². The molecule has 1 aromatic carbocycles. The van der Waals surface area contributed by atoms with Gasteiger partial charge < -0.3 is 5.32 Å². The SMILES string of the molecule is CNCCC[C@H]1Cc2ccccc2N(c2cccnc2)S1(O)O. The van der Waals surface area contributed by atoms with Crippen molar-refractivity contribution in [3.8, 4) is 0 Å². The smallest absolute Gasteiger partial charge is 0.0810 e. The van der Waals surface area contributed by atoms with Gasteiger partial charge in [0.15, 0.2) is 0 Å². The summed E-state index contributed by atoms with van der Waals surface area (Å²) in [7, 11) is -1.03. The van der Waals surface area contributed by atoms with Gasteiger partial charge in [0.2, 0.25) is 0 Å². The Balaban J connectivity index is 2.00. The molecule has 1 atom stereocenters. The molecular weight excluding hydrogens is 310 g/mol. The third-order valence-electron chi connectivity index (χ3n) is 4.21. The summed E-state index contributed by atoms with van der Waals surface area (Å²) < 4.78 is 23.7. The number of benzene rings is 1. The molecular formula is C17H23N3O2S. The number of pyridine rings is 1. The van der Waals surface area contributed by atoms with Gasteiger partial charge in [0, 0.05) is 6.20 Å². The average Bonchev–Trinajstić information content (AvgIpc) is 2.56. The first-order valence-electron chi connectivity index (χ1n) is 7.84. The summed E-state index contributed by atoms with van der Waals surface area (Å²) in [5.41, 5.74) is 2.74. The van der Waals surface area contributed by atoms with Crippen LogP contribution in [0.3, 0.4) is 0 Å². The molecule has 0 amide bonds. The Morgan fingerprint density at radius 3 is 2.83 bits per heavy atom. The summed E-state index contributed by atoms with van der Waals surface area (Å²) in [6, 6.07) is 11.6. The van der Waals surface area contributed by atoms with Crippen molar-refractivity contribution in [1.82, 2.24) is 10.3 Å². The van der Waals surface area contributed by atoms with Gasteiger partial charge >= 0.3 is 0 Å². The highest BCUT2D eigenvalue weighted by molar-refractivity contribution is 8.26. The Kier molecular flexibility index (Phi) is 4.87. The molecule has 3 N–H and O–H groups in total. The highest BCUT2D eigenvalue weighted by Crippen LogP contribution is 2.60. The van der Waals surface area contributed by atoms with Crippen LogP contribution < -0.4 is 9.62 Å². The lowest BCUT2D eigenvalue weighted by Crippen LogP contribution is -2.38. The van der Waals surface area contributed by atoms with Crippen LogP contribution in [0.1, 0.15) is 18.4 Å². The van der Waals surface area contributed by atoms with Crippen molar-refractivity contribution >= 4 is 22.2 Å². The van der Waals surface area contributed by atoms with Crippen molar-refractivity contribution in [3.05, 3.63) is 54.4 Å². The Labute approximate surface area is 138 Å². The number of fused-ring (bicyclic) bond motifs is 1. The van der Waals surface area contributed by atoms with E-state index in [0.29, 0.717) is 6.42 Å². The van der Waals surface area contributed by atoms with E-state index in [2.05, 4.69) is 16.4 Å². The summed E-state index contributed by atoms with van der Waals surface area (Å²) >= 11 is 0. The molecule has 124 valence electrons. The van der Waals surface area contributed by atoms with Gasteiger partial charge in [-0.1, -0.05) is 18.2 Å². The highest BCUT2D eigenvalue weighted by atomic mass is 32.3. The second-order valence-corrected chi connectivity index (χ2v) is 7.92. The van der Waals surface area contributed by atoms with E-state index in [1.54, 1.807) is 16.7 Å². The highest BCUT2D eigenvalue weighted by Gasteiger charge is 2.39. The van der Waals surface area contributed by atoms with Crippen LogP contribution in [0.25, 0.3) is 0 Å². The molecule has 2 aromatic rings. The van der Waals surface area contributed by atoms with Gasteiger partial charge in [-0.2, -0.15) is 0 Å². The molecule has 23 heavy (non-hydrogen) atoms. The molecule has 1 aromatic heterocycles. The largest absolute Gasteiger partial charge is 0.320 e. The first-order valence-corrected chi connectivity index (χ1v) is 9.41. The van der Waals surface area contributed by atoms with Gasteiger partial charge in [-0.05, 0) is 56.6 Å². The van der Waals surface area contributed by atoms with Crippen molar-refractivity contribution in [2.75, 3.05) is 17.9 Å². The molecule has 0 aliphatic carbocycles. The van der Waals surface area contributed by atoms with E-state index in [-0.39, 0.29) is 5.25 Å². The van der Waals surface area contributed by atoms with Gasteiger partial charge in [0.1, 0.15) is 0 Å². The predicted octanol–water partition coefficient (Wildman–Crippen LogP) is 3.81. The van der Waals surface area contributed by atoms with Gasteiger partial charge in [-0.3, -0.25) is 14.1 Å². The number of nitrogens with one attached hydrogen (secondary N) is 1. The van der Waals surface area contributed by atoms with E-state index in [9.17, 15) is 9.11 Å². The van der Waals surface area contributed by atoms with Crippen molar-refractivity contribution in [2.45, 2.75) is 24.5 Å². The summed E-state index contributed by atoms with van der Waals surface area (Å²) in [4.78, 5) is 4.14. The molecule has 1 aliphatic heterocycles. The van der Waals surface area contributed by atoms with Crippen LogP contribution in [0.2, 0.25) is 0 Å². The third kappa shape index (κ3) is 3.21. The maximum atomic E-state index is 11.0. The summed E-state index contributed by atoms with van der Waals surface area (Å²) in [5, 5.41) is 2.94. The standard InChI is InChI=1S/C17H23N3O2S/c1-18-10-5-8-16-12-14-6-2-3-9-17(14)20(23(16,21)22)15-7-4-11-19-13-15/h2-4,6-7,9,11,13,16,18,21-22H,5,8,10,12H2,1H3/t16-/m0/s1. The van der Waals surface area contributed by atoms with Crippen LogP contribution in [0, 0.1) is 0 Å². The zero-order valence-electron chi connectivity index (χ0n) is 13.2. The van der Waals surface area contributed by atoms with Crippen molar-refractivity contribution in [1.29, 1.82) is 0 Å². The molecule has 6 heteroatoms. The molecule has 2 heterocycles. The molecule has 0 saturated heterocycles. The van der Waals surface area contributed by atoms with Gasteiger partial charge in [-0.15, -0.1) is 10.8 Å². The molecule has 5 nitrogen and oxygen atoms in total. The van der Waals surface area contributed by atoms with Crippen molar-refractivity contribution in [3.63, 3.8) is 0 Å². The van der Waals surface area contributed by atoms with Crippen LogP contribution >= 0.6 is 10.8 Å². The number of nitrogens with zero attached hydrogens (tertiary/aromatic N) is 2. The fourth-order valence-electron chi connectivity index (χ4n) is 3.07. The summed E-state index contributed by atoms with van der Waals surface area (Å²) in [6.45, 7) is 0.876. The number of hydrogen-bond donors (Lipinski definition) is 3. The minimum Gasteiger partial charge on any atom is -0.320 e. The number of aromatic nitrogens is 1. The fourth-order valence-corrected chi connectivity index (χ4v) is 5.14. The normalized spacial score (nSPS) is 20.8. The number of anilines is 2. The fraction of sp³-hybridized carbons (Fsp3) is 0.353. The monoisotopic (exact) mass is 333 g/mol. The maximum absolute atomic E-state index is 11.0.